The molecule has 0 spiro atoms. The predicted molar refractivity (Wildman–Crippen MR) is 131 cm³/mol. The Kier molecular flexibility index (Phi) is 8.11. The number of aryl methyl sites for hydroxylation is 2. The van der Waals surface area contributed by atoms with Crippen LogP contribution in [-0.4, -0.2) is 88.7 Å². The van der Waals surface area contributed by atoms with Crippen molar-refractivity contribution < 1.29 is 14.3 Å². The minimum atomic E-state index is -0.125. The summed E-state index contributed by atoms with van der Waals surface area (Å²) in [6.07, 6.45) is 5.80. The van der Waals surface area contributed by atoms with Crippen LogP contribution < -0.4 is 4.74 Å². The van der Waals surface area contributed by atoms with E-state index in [-0.39, 0.29) is 23.8 Å². The number of ether oxygens (including phenoxy) is 1. The molecular formula is C25H34ClN5O3. The number of halogens is 1. The maximum absolute atomic E-state index is 13.1. The summed E-state index contributed by atoms with van der Waals surface area (Å²) < 4.78 is 8.05. The van der Waals surface area contributed by atoms with E-state index in [0.29, 0.717) is 43.8 Å². The number of aromatic nitrogens is 2. The number of nitrogens with zero attached hydrogens (tertiary/aromatic N) is 5. The lowest BCUT2D eigenvalue weighted by Crippen LogP contribution is -2.51. The summed E-state index contributed by atoms with van der Waals surface area (Å²) in [5.74, 6) is 0.944. The maximum Gasteiger partial charge on any atom is 0.223 e. The SMILES string of the molecule is CN1CCN(C(=O)C[C@H]2CN(C(=O)CCc3cnn(C)c3)CC[C@@H]2Oc2ccc(Cl)cc2)CC1. The van der Waals surface area contributed by atoms with Crippen LogP contribution in [0, 0.1) is 5.92 Å². The highest BCUT2D eigenvalue weighted by molar-refractivity contribution is 6.30. The molecule has 3 heterocycles. The number of amides is 2. The molecule has 4 rings (SSSR count). The van der Waals surface area contributed by atoms with Crippen molar-refractivity contribution in [3.63, 3.8) is 0 Å². The molecule has 2 amide bonds. The van der Waals surface area contributed by atoms with E-state index in [2.05, 4.69) is 17.0 Å². The number of likely N-dealkylation sites (N-methyl/N-ethyl adjacent to an activating group) is 1. The number of likely N-dealkylation sites (tertiary alicyclic amines) is 1. The average Bonchev–Trinajstić information content (AvgIpc) is 3.25. The summed E-state index contributed by atoms with van der Waals surface area (Å²) in [6, 6.07) is 7.32. The molecule has 2 aliphatic heterocycles. The highest BCUT2D eigenvalue weighted by Gasteiger charge is 2.35. The molecule has 2 atom stereocenters. The molecule has 0 N–H and O–H groups in total. The minimum absolute atomic E-state index is 0.0565. The van der Waals surface area contributed by atoms with Crippen LogP contribution >= 0.6 is 11.6 Å². The van der Waals surface area contributed by atoms with Crippen molar-refractivity contribution in [1.29, 1.82) is 0 Å². The Balaban J connectivity index is 1.40. The van der Waals surface area contributed by atoms with Crippen LogP contribution in [0.2, 0.25) is 5.02 Å². The first-order valence-electron chi connectivity index (χ1n) is 12.0. The average molecular weight is 488 g/mol. The van der Waals surface area contributed by atoms with Gasteiger partial charge < -0.3 is 19.4 Å². The highest BCUT2D eigenvalue weighted by atomic mass is 35.5. The number of piperazine rings is 1. The Morgan fingerprint density at radius 2 is 1.76 bits per heavy atom. The van der Waals surface area contributed by atoms with Gasteiger partial charge >= 0.3 is 0 Å². The normalized spacial score (nSPS) is 21.5. The largest absolute Gasteiger partial charge is 0.490 e. The summed E-state index contributed by atoms with van der Waals surface area (Å²) in [4.78, 5) is 32.2. The van der Waals surface area contributed by atoms with Crippen molar-refractivity contribution in [2.24, 2.45) is 13.0 Å². The molecule has 2 aliphatic rings. The van der Waals surface area contributed by atoms with Crippen molar-refractivity contribution in [3.8, 4) is 5.75 Å². The van der Waals surface area contributed by atoms with E-state index < -0.39 is 0 Å². The molecule has 2 fully saturated rings. The molecule has 8 nitrogen and oxygen atoms in total. The zero-order chi connectivity index (χ0) is 24.1. The van der Waals surface area contributed by atoms with Gasteiger partial charge in [0.25, 0.3) is 0 Å². The fourth-order valence-electron chi connectivity index (χ4n) is 4.70. The van der Waals surface area contributed by atoms with Crippen LogP contribution in [0.5, 0.6) is 5.75 Å². The van der Waals surface area contributed by atoms with E-state index in [1.54, 1.807) is 23.0 Å². The van der Waals surface area contributed by atoms with Crippen molar-refractivity contribution in [2.75, 3.05) is 46.3 Å². The molecule has 2 aromatic rings. The summed E-state index contributed by atoms with van der Waals surface area (Å²) in [6.45, 7) is 4.43. The van der Waals surface area contributed by atoms with Gasteiger partial charge in [-0.05, 0) is 43.3 Å². The number of benzene rings is 1. The molecule has 1 aromatic carbocycles. The van der Waals surface area contributed by atoms with Crippen LogP contribution in [0.3, 0.4) is 0 Å². The first-order chi connectivity index (χ1) is 16.4. The Morgan fingerprint density at radius 3 is 2.44 bits per heavy atom. The second-order valence-corrected chi connectivity index (χ2v) is 9.85. The highest BCUT2D eigenvalue weighted by Crippen LogP contribution is 2.28. The van der Waals surface area contributed by atoms with Gasteiger partial charge in [-0.2, -0.15) is 5.10 Å². The van der Waals surface area contributed by atoms with Gasteiger partial charge in [-0.1, -0.05) is 11.6 Å². The van der Waals surface area contributed by atoms with Gasteiger partial charge in [-0.25, -0.2) is 0 Å². The molecule has 0 saturated carbocycles. The lowest BCUT2D eigenvalue weighted by molar-refractivity contribution is -0.140. The van der Waals surface area contributed by atoms with Gasteiger partial charge in [0.05, 0.1) is 6.20 Å². The van der Waals surface area contributed by atoms with E-state index in [1.165, 1.54) is 0 Å². The van der Waals surface area contributed by atoms with Gasteiger partial charge in [0, 0.05) is 82.7 Å². The number of hydrogen-bond donors (Lipinski definition) is 0. The summed E-state index contributed by atoms with van der Waals surface area (Å²) in [7, 11) is 3.95. The zero-order valence-corrected chi connectivity index (χ0v) is 20.8. The van der Waals surface area contributed by atoms with E-state index >= 15 is 0 Å². The van der Waals surface area contributed by atoms with E-state index in [9.17, 15) is 9.59 Å². The van der Waals surface area contributed by atoms with Gasteiger partial charge in [0.1, 0.15) is 11.9 Å². The van der Waals surface area contributed by atoms with Crippen LogP contribution in [0.25, 0.3) is 0 Å². The molecule has 184 valence electrons. The Hall–Kier alpha value is -2.58. The molecule has 0 aliphatic carbocycles. The lowest BCUT2D eigenvalue weighted by atomic mass is 9.90. The van der Waals surface area contributed by atoms with Crippen LogP contribution in [0.4, 0.5) is 0 Å². The van der Waals surface area contributed by atoms with Gasteiger partial charge in [-0.3, -0.25) is 14.3 Å². The van der Waals surface area contributed by atoms with Crippen molar-refractivity contribution >= 4 is 23.4 Å². The summed E-state index contributed by atoms with van der Waals surface area (Å²) in [5, 5.41) is 4.83. The zero-order valence-electron chi connectivity index (χ0n) is 20.0. The Bertz CT molecular complexity index is 971. The number of piperidine rings is 1. The van der Waals surface area contributed by atoms with Gasteiger partial charge in [0.2, 0.25) is 11.8 Å². The number of hydrogen-bond acceptors (Lipinski definition) is 5. The second-order valence-electron chi connectivity index (χ2n) is 9.41. The monoisotopic (exact) mass is 487 g/mol. The first-order valence-corrected chi connectivity index (χ1v) is 12.4. The first kappa shape index (κ1) is 24.5. The molecule has 34 heavy (non-hydrogen) atoms. The van der Waals surface area contributed by atoms with Crippen molar-refractivity contribution in [3.05, 3.63) is 47.2 Å². The smallest absolute Gasteiger partial charge is 0.223 e. The predicted octanol–water partition coefficient (Wildman–Crippen LogP) is 2.47. The van der Waals surface area contributed by atoms with Crippen molar-refractivity contribution in [1.82, 2.24) is 24.5 Å². The van der Waals surface area contributed by atoms with Crippen LogP contribution in [-0.2, 0) is 23.1 Å². The third-order valence-corrected chi connectivity index (χ3v) is 7.05. The molecule has 0 bridgehead atoms. The Morgan fingerprint density at radius 1 is 1.03 bits per heavy atom. The molecule has 0 unspecified atom stereocenters. The quantitative estimate of drug-likeness (QED) is 0.600. The van der Waals surface area contributed by atoms with Gasteiger partial charge in [0.15, 0.2) is 0 Å². The Labute approximate surface area is 206 Å². The number of rotatable bonds is 7. The summed E-state index contributed by atoms with van der Waals surface area (Å²) >= 11 is 6.02. The standard InChI is InChI=1S/C25H34ClN5O3/c1-28-11-13-30(14-12-28)25(33)15-20-18-31(24(32)8-3-19-16-27-29(2)17-19)10-9-23(20)34-22-6-4-21(26)5-7-22/h4-7,16-17,20,23H,3,8-15,18H2,1-2H3/t20-,23-/m0/s1. The molecular weight excluding hydrogens is 454 g/mol. The third-order valence-electron chi connectivity index (χ3n) is 6.80. The van der Waals surface area contributed by atoms with Gasteiger partial charge in [-0.15, -0.1) is 0 Å². The van der Waals surface area contributed by atoms with E-state index in [0.717, 1.165) is 37.5 Å². The fraction of sp³-hybridized carbons (Fsp3) is 0.560. The molecule has 9 heteroatoms. The fourth-order valence-corrected chi connectivity index (χ4v) is 4.82. The van der Waals surface area contributed by atoms with Crippen LogP contribution in [0.1, 0.15) is 24.8 Å². The number of carbonyl (C=O) groups excluding carboxylic acids is 2. The minimum Gasteiger partial charge on any atom is -0.490 e. The number of carbonyl (C=O) groups is 2. The van der Waals surface area contributed by atoms with Crippen molar-refractivity contribution in [2.45, 2.75) is 31.8 Å². The maximum atomic E-state index is 13.1. The topological polar surface area (TPSA) is 70.9 Å². The molecule has 0 radical (unpaired) electrons. The second kappa shape index (κ2) is 11.2. The van der Waals surface area contributed by atoms with Crippen LogP contribution in [0.15, 0.2) is 36.7 Å². The van der Waals surface area contributed by atoms with E-state index in [1.807, 2.05) is 35.2 Å². The summed E-state index contributed by atoms with van der Waals surface area (Å²) in [5.41, 5.74) is 1.05. The molecule has 1 aromatic heterocycles. The lowest BCUT2D eigenvalue weighted by Gasteiger charge is -2.40. The van der Waals surface area contributed by atoms with E-state index in [4.69, 9.17) is 16.3 Å². The molecule has 2 saturated heterocycles. The third kappa shape index (κ3) is 6.51.